The van der Waals surface area contributed by atoms with Gasteiger partial charge in [-0.15, -0.1) is 0 Å². The number of aliphatic carboxylic acids is 1. The van der Waals surface area contributed by atoms with Crippen molar-refractivity contribution in [1.82, 2.24) is 4.90 Å². The number of carbonyl (C=O) groups excluding carboxylic acids is 1. The third-order valence-corrected chi connectivity index (χ3v) is 2.54. The van der Waals surface area contributed by atoms with Gasteiger partial charge in [-0.05, 0) is 25.1 Å². The lowest BCUT2D eigenvalue weighted by atomic mass is 10.1. The maximum Gasteiger partial charge on any atom is 0.308 e. The molecule has 0 aliphatic heterocycles. The van der Waals surface area contributed by atoms with Crippen molar-refractivity contribution >= 4 is 18.0 Å². The van der Waals surface area contributed by atoms with Crippen LogP contribution < -0.4 is 0 Å². The molecule has 5 nitrogen and oxygen atoms in total. The van der Waals surface area contributed by atoms with Gasteiger partial charge in [0, 0.05) is 19.2 Å². The van der Waals surface area contributed by atoms with Crippen LogP contribution in [0.25, 0.3) is 6.08 Å². The standard InChI is InChI=1S/C13H17NO4/c1-3-14(9-10(2)13(16)17)12(15)7-6-11-5-4-8-18-11/h4-8,10H,3,9H2,1-2H3,(H,16,17)/b7-6+. The van der Waals surface area contributed by atoms with Gasteiger partial charge >= 0.3 is 5.97 Å². The smallest absolute Gasteiger partial charge is 0.308 e. The van der Waals surface area contributed by atoms with Crippen molar-refractivity contribution in [3.63, 3.8) is 0 Å². The van der Waals surface area contributed by atoms with Crippen molar-refractivity contribution in [3.8, 4) is 0 Å². The topological polar surface area (TPSA) is 70.8 Å². The van der Waals surface area contributed by atoms with Crippen molar-refractivity contribution < 1.29 is 19.1 Å². The first-order chi connectivity index (χ1) is 8.54. The van der Waals surface area contributed by atoms with Gasteiger partial charge in [0.05, 0.1) is 12.2 Å². The molecule has 0 bridgehead atoms. The molecule has 0 aliphatic carbocycles. The number of rotatable bonds is 6. The predicted molar refractivity (Wildman–Crippen MR) is 66.8 cm³/mol. The molecule has 1 heterocycles. The summed E-state index contributed by atoms with van der Waals surface area (Å²) in [4.78, 5) is 24.1. The van der Waals surface area contributed by atoms with Crippen LogP contribution in [0, 0.1) is 5.92 Å². The van der Waals surface area contributed by atoms with Crippen LogP contribution in [0.5, 0.6) is 0 Å². The van der Waals surface area contributed by atoms with Crippen molar-refractivity contribution in [2.45, 2.75) is 13.8 Å². The fraction of sp³-hybridized carbons (Fsp3) is 0.385. The highest BCUT2D eigenvalue weighted by Crippen LogP contribution is 2.05. The maximum atomic E-state index is 11.8. The highest BCUT2D eigenvalue weighted by molar-refractivity contribution is 5.91. The van der Waals surface area contributed by atoms with Crippen LogP contribution in [-0.2, 0) is 9.59 Å². The lowest BCUT2D eigenvalue weighted by Crippen LogP contribution is -2.35. The lowest BCUT2D eigenvalue weighted by Gasteiger charge is -2.21. The Bertz CT molecular complexity index is 422. The summed E-state index contributed by atoms with van der Waals surface area (Å²) in [5, 5.41) is 8.82. The Kier molecular flexibility index (Phi) is 5.17. The van der Waals surface area contributed by atoms with Crippen molar-refractivity contribution in [2.75, 3.05) is 13.1 Å². The zero-order valence-electron chi connectivity index (χ0n) is 10.5. The van der Waals surface area contributed by atoms with Crippen LogP contribution in [0.15, 0.2) is 28.9 Å². The van der Waals surface area contributed by atoms with E-state index in [0.29, 0.717) is 12.3 Å². The fourth-order valence-electron chi connectivity index (χ4n) is 1.43. The molecule has 0 aliphatic rings. The molecule has 1 atom stereocenters. The minimum atomic E-state index is -0.906. The maximum absolute atomic E-state index is 11.8. The zero-order valence-corrected chi connectivity index (χ0v) is 10.5. The first-order valence-electron chi connectivity index (χ1n) is 5.78. The molecule has 0 spiro atoms. The van der Waals surface area contributed by atoms with Crippen LogP contribution in [0.4, 0.5) is 0 Å². The molecule has 0 saturated carbocycles. The number of nitrogens with zero attached hydrogens (tertiary/aromatic N) is 1. The lowest BCUT2D eigenvalue weighted by molar-refractivity contribution is -0.142. The molecule has 1 aromatic heterocycles. The Labute approximate surface area is 106 Å². The average molecular weight is 251 g/mol. The second kappa shape index (κ2) is 6.64. The Morgan fingerprint density at radius 3 is 2.78 bits per heavy atom. The quantitative estimate of drug-likeness (QED) is 0.783. The van der Waals surface area contributed by atoms with Crippen LogP contribution in [0.2, 0.25) is 0 Å². The van der Waals surface area contributed by atoms with Crippen molar-refractivity contribution in [1.29, 1.82) is 0 Å². The van der Waals surface area contributed by atoms with Gasteiger partial charge in [-0.1, -0.05) is 6.92 Å². The normalized spacial score (nSPS) is 12.6. The third kappa shape index (κ3) is 4.08. The van der Waals surface area contributed by atoms with E-state index in [1.165, 1.54) is 17.2 Å². The van der Waals surface area contributed by atoms with Crippen LogP contribution in [-0.4, -0.2) is 35.0 Å². The van der Waals surface area contributed by atoms with Crippen molar-refractivity contribution in [3.05, 3.63) is 30.2 Å². The van der Waals surface area contributed by atoms with E-state index in [9.17, 15) is 9.59 Å². The van der Waals surface area contributed by atoms with Gasteiger partial charge in [-0.2, -0.15) is 0 Å². The molecule has 98 valence electrons. The van der Waals surface area contributed by atoms with Crippen LogP contribution in [0.3, 0.4) is 0 Å². The number of carboxylic acids is 1. The van der Waals surface area contributed by atoms with Gasteiger partial charge in [-0.25, -0.2) is 0 Å². The molecule has 0 fully saturated rings. The highest BCUT2D eigenvalue weighted by Gasteiger charge is 2.17. The summed E-state index contributed by atoms with van der Waals surface area (Å²) in [5.41, 5.74) is 0. The summed E-state index contributed by atoms with van der Waals surface area (Å²) in [6.45, 7) is 4.06. The Morgan fingerprint density at radius 1 is 1.56 bits per heavy atom. The van der Waals surface area contributed by atoms with Gasteiger partial charge in [-0.3, -0.25) is 9.59 Å². The van der Waals surface area contributed by atoms with E-state index in [0.717, 1.165) is 0 Å². The number of amides is 1. The number of furan rings is 1. The molecule has 1 unspecified atom stereocenters. The van der Waals surface area contributed by atoms with Gasteiger partial charge < -0.3 is 14.4 Å². The van der Waals surface area contributed by atoms with E-state index in [-0.39, 0.29) is 12.5 Å². The highest BCUT2D eigenvalue weighted by atomic mass is 16.4. The number of likely N-dealkylation sites (N-methyl/N-ethyl adjacent to an activating group) is 1. The zero-order chi connectivity index (χ0) is 13.5. The van der Waals surface area contributed by atoms with Gasteiger partial charge in [0.15, 0.2) is 0 Å². The van der Waals surface area contributed by atoms with E-state index >= 15 is 0 Å². The summed E-state index contributed by atoms with van der Waals surface area (Å²) in [7, 11) is 0. The van der Waals surface area contributed by atoms with Crippen LogP contribution in [0.1, 0.15) is 19.6 Å². The monoisotopic (exact) mass is 251 g/mol. The molecular weight excluding hydrogens is 234 g/mol. The second-order valence-electron chi connectivity index (χ2n) is 3.96. The molecule has 1 amide bonds. The van der Waals surface area contributed by atoms with E-state index in [2.05, 4.69) is 0 Å². The summed E-state index contributed by atoms with van der Waals surface area (Å²) in [6, 6.07) is 3.47. The number of carbonyl (C=O) groups is 2. The average Bonchev–Trinajstić information content (AvgIpc) is 2.85. The number of carboxylic acid groups (broad SMARTS) is 1. The molecule has 0 aromatic carbocycles. The molecule has 18 heavy (non-hydrogen) atoms. The SMILES string of the molecule is CCN(CC(C)C(=O)O)C(=O)/C=C/c1ccco1. The van der Waals surface area contributed by atoms with E-state index in [1.807, 2.05) is 6.92 Å². The summed E-state index contributed by atoms with van der Waals surface area (Å²) in [5.74, 6) is -1.12. The van der Waals surface area contributed by atoms with Gasteiger partial charge in [0.1, 0.15) is 5.76 Å². The Balaban J connectivity index is 2.59. The molecule has 0 radical (unpaired) electrons. The second-order valence-corrected chi connectivity index (χ2v) is 3.96. The first-order valence-corrected chi connectivity index (χ1v) is 5.78. The van der Waals surface area contributed by atoms with Crippen molar-refractivity contribution in [2.24, 2.45) is 5.92 Å². The van der Waals surface area contributed by atoms with E-state index < -0.39 is 11.9 Å². The predicted octanol–water partition coefficient (Wildman–Crippen LogP) is 1.86. The molecule has 0 saturated heterocycles. The summed E-state index contributed by atoms with van der Waals surface area (Å²) >= 11 is 0. The van der Waals surface area contributed by atoms with Gasteiger partial charge in [0.25, 0.3) is 0 Å². The molecular formula is C13H17NO4. The fourth-order valence-corrected chi connectivity index (χ4v) is 1.43. The molecule has 1 aromatic rings. The molecule has 1 N–H and O–H groups in total. The van der Waals surface area contributed by atoms with Crippen LogP contribution >= 0.6 is 0 Å². The molecule has 5 heteroatoms. The minimum Gasteiger partial charge on any atom is -0.481 e. The van der Waals surface area contributed by atoms with E-state index in [1.54, 1.807) is 25.1 Å². The number of hydrogen-bond acceptors (Lipinski definition) is 3. The Hall–Kier alpha value is -2.04. The summed E-state index contributed by atoms with van der Waals surface area (Å²) < 4.78 is 5.06. The summed E-state index contributed by atoms with van der Waals surface area (Å²) in [6.07, 6.45) is 4.47. The van der Waals surface area contributed by atoms with Gasteiger partial charge in [0.2, 0.25) is 5.91 Å². The minimum absolute atomic E-state index is 0.202. The largest absolute Gasteiger partial charge is 0.481 e. The third-order valence-electron chi connectivity index (χ3n) is 2.54. The van der Waals surface area contributed by atoms with E-state index in [4.69, 9.17) is 9.52 Å². The first kappa shape index (κ1) is 14.0. The number of hydrogen-bond donors (Lipinski definition) is 1. The molecule has 1 rings (SSSR count). The Morgan fingerprint density at radius 2 is 2.28 bits per heavy atom.